The number of carbonyl (C=O) groups is 4. The maximum absolute atomic E-state index is 14.0. The summed E-state index contributed by atoms with van der Waals surface area (Å²) in [5, 5.41) is 5.31. The predicted octanol–water partition coefficient (Wildman–Crippen LogP) is 4.28. The zero-order valence-corrected chi connectivity index (χ0v) is 23.7. The number of aryl methyl sites for hydroxylation is 1. The van der Waals surface area contributed by atoms with Crippen LogP contribution in [-0.4, -0.2) is 60.6 Å². The Morgan fingerprint density at radius 3 is 2.14 bits per heavy atom. The zero-order chi connectivity index (χ0) is 28.2. The second-order valence-electron chi connectivity index (χ2n) is 10.6. The molecule has 0 aliphatic heterocycles. The summed E-state index contributed by atoms with van der Waals surface area (Å²) in [6.07, 6.45) is 2.88. The predicted molar refractivity (Wildman–Crippen MR) is 143 cm³/mol. The molecule has 2 unspecified atom stereocenters. The van der Waals surface area contributed by atoms with Gasteiger partial charge in [0.05, 0.1) is 7.11 Å². The Hall–Kier alpha value is -3.10. The number of nitrogens with one attached hydrogen (secondary N) is 2. The highest BCUT2D eigenvalue weighted by Gasteiger charge is 2.37. The first kappa shape index (κ1) is 31.9. The number of rotatable bonds is 13. The first-order valence-corrected chi connectivity index (χ1v) is 13.0. The van der Waals surface area contributed by atoms with Crippen molar-refractivity contribution in [3.05, 3.63) is 35.4 Å². The lowest BCUT2D eigenvalue weighted by atomic mass is 9.97. The summed E-state index contributed by atoms with van der Waals surface area (Å²) in [6.45, 7) is 12.9. The van der Waals surface area contributed by atoms with Crippen LogP contribution in [0.3, 0.4) is 0 Å². The maximum atomic E-state index is 14.0. The van der Waals surface area contributed by atoms with Gasteiger partial charge >= 0.3 is 12.1 Å². The normalized spacial score (nSPS) is 12.9. The number of amides is 3. The molecule has 1 aromatic rings. The van der Waals surface area contributed by atoms with E-state index in [0.717, 1.165) is 24.8 Å². The first-order chi connectivity index (χ1) is 17.3. The summed E-state index contributed by atoms with van der Waals surface area (Å²) in [4.78, 5) is 53.3. The van der Waals surface area contributed by atoms with Gasteiger partial charge in [0.15, 0.2) is 0 Å². The summed E-state index contributed by atoms with van der Waals surface area (Å²) in [6, 6.07) is 5.43. The van der Waals surface area contributed by atoms with Gasteiger partial charge < -0.3 is 25.0 Å². The summed E-state index contributed by atoms with van der Waals surface area (Å²) < 4.78 is 10.1. The number of ether oxygens (including phenoxy) is 2. The van der Waals surface area contributed by atoms with Crippen LogP contribution < -0.4 is 10.6 Å². The fourth-order valence-electron chi connectivity index (χ4n) is 3.75. The molecule has 3 amide bonds. The SMILES string of the molecule is CCCCCCN(C(=O)C(NC(=O)OC(C)(C)C)C(C)C)C(C(=O)NCC(=O)OC)c1ccc(C)cc1. The first-order valence-electron chi connectivity index (χ1n) is 13.0. The van der Waals surface area contributed by atoms with E-state index < -0.39 is 41.6 Å². The maximum Gasteiger partial charge on any atom is 0.408 e. The molecule has 1 rings (SSSR count). The number of benzene rings is 1. The average molecular weight is 520 g/mol. The molecule has 0 saturated carbocycles. The van der Waals surface area contributed by atoms with Crippen molar-refractivity contribution in [3.63, 3.8) is 0 Å². The molecule has 37 heavy (non-hydrogen) atoms. The number of alkyl carbamates (subject to hydrolysis) is 1. The van der Waals surface area contributed by atoms with Crippen LogP contribution in [0.5, 0.6) is 0 Å². The molecule has 0 aromatic heterocycles. The minimum atomic E-state index is -0.999. The molecule has 0 spiro atoms. The van der Waals surface area contributed by atoms with E-state index in [2.05, 4.69) is 22.3 Å². The van der Waals surface area contributed by atoms with E-state index in [4.69, 9.17) is 4.74 Å². The van der Waals surface area contributed by atoms with Crippen LogP contribution in [0.25, 0.3) is 0 Å². The standard InChI is InChI=1S/C28H45N3O6/c1-9-10-11-12-17-31(26(34)23(19(2)3)30-27(35)37-28(5,6)7)24(21-15-13-20(4)14-16-21)25(33)29-18-22(32)36-8/h13-16,19,23-24H,9-12,17-18H2,1-8H3,(H,29,33)(H,30,35). The van der Waals surface area contributed by atoms with Crippen LogP contribution in [0, 0.1) is 12.8 Å². The molecule has 0 aliphatic rings. The van der Waals surface area contributed by atoms with Crippen molar-refractivity contribution in [2.45, 2.75) is 91.8 Å². The number of nitrogens with zero attached hydrogens (tertiary/aromatic N) is 1. The number of carbonyl (C=O) groups excluding carboxylic acids is 4. The number of hydrogen-bond donors (Lipinski definition) is 2. The molecule has 2 N–H and O–H groups in total. The highest BCUT2D eigenvalue weighted by molar-refractivity contribution is 5.93. The van der Waals surface area contributed by atoms with E-state index in [9.17, 15) is 19.2 Å². The van der Waals surface area contributed by atoms with Crippen LogP contribution in [0.2, 0.25) is 0 Å². The van der Waals surface area contributed by atoms with Crippen LogP contribution in [0.4, 0.5) is 4.79 Å². The monoisotopic (exact) mass is 519 g/mol. The van der Waals surface area contributed by atoms with E-state index in [1.54, 1.807) is 32.9 Å². The van der Waals surface area contributed by atoms with Gasteiger partial charge in [-0.05, 0) is 45.6 Å². The van der Waals surface area contributed by atoms with Gasteiger partial charge in [-0.25, -0.2) is 4.79 Å². The third-order valence-corrected chi connectivity index (χ3v) is 5.73. The highest BCUT2D eigenvalue weighted by atomic mass is 16.6. The molecule has 0 saturated heterocycles. The number of methoxy groups -OCH3 is 1. The molecule has 1 aromatic carbocycles. The van der Waals surface area contributed by atoms with Crippen molar-refractivity contribution in [2.75, 3.05) is 20.2 Å². The molecule has 9 nitrogen and oxygen atoms in total. The number of esters is 1. The highest BCUT2D eigenvalue weighted by Crippen LogP contribution is 2.25. The van der Waals surface area contributed by atoms with Gasteiger partial charge in [0.2, 0.25) is 11.8 Å². The Labute approximate surface area is 221 Å². The van der Waals surface area contributed by atoms with Crippen molar-refractivity contribution in [1.82, 2.24) is 15.5 Å². The third-order valence-electron chi connectivity index (χ3n) is 5.73. The Balaban J connectivity index is 3.43. The van der Waals surface area contributed by atoms with Gasteiger partial charge in [-0.1, -0.05) is 69.9 Å². The summed E-state index contributed by atoms with van der Waals surface area (Å²) in [5.74, 6) is -1.76. The van der Waals surface area contributed by atoms with E-state index in [-0.39, 0.29) is 12.5 Å². The minimum absolute atomic E-state index is 0.269. The molecule has 0 radical (unpaired) electrons. The van der Waals surface area contributed by atoms with Gasteiger partial charge in [-0.3, -0.25) is 14.4 Å². The third kappa shape index (κ3) is 11.2. The zero-order valence-electron chi connectivity index (χ0n) is 23.7. The second kappa shape index (κ2) is 15.2. The van der Waals surface area contributed by atoms with Gasteiger partial charge in [-0.2, -0.15) is 0 Å². The van der Waals surface area contributed by atoms with Crippen LogP contribution in [0.1, 0.15) is 84.4 Å². The van der Waals surface area contributed by atoms with Gasteiger partial charge in [0, 0.05) is 6.54 Å². The van der Waals surface area contributed by atoms with Crippen molar-refractivity contribution < 1.29 is 28.7 Å². The van der Waals surface area contributed by atoms with E-state index in [1.165, 1.54) is 12.0 Å². The van der Waals surface area contributed by atoms with Crippen molar-refractivity contribution >= 4 is 23.9 Å². The quantitative estimate of drug-likeness (QED) is 0.297. The Morgan fingerprint density at radius 2 is 1.62 bits per heavy atom. The Morgan fingerprint density at radius 1 is 1.00 bits per heavy atom. The van der Waals surface area contributed by atoms with E-state index in [0.29, 0.717) is 18.5 Å². The van der Waals surface area contributed by atoms with Gasteiger partial charge in [0.1, 0.15) is 24.2 Å². The van der Waals surface area contributed by atoms with Crippen molar-refractivity contribution in [3.8, 4) is 0 Å². The largest absolute Gasteiger partial charge is 0.468 e. The van der Waals surface area contributed by atoms with Crippen LogP contribution >= 0.6 is 0 Å². The number of hydrogen-bond acceptors (Lipinski definition) is 6. The second-order valence-corrected chi connectivity index (χ2v) is 10.6. The van der Waals surface area contributed by atoms with E-state index >= 15 is 0 Å². The van der Waals surface area contributed by atoms with Crippen molar-refractivity contribution in [2.24, 2.45) is 5.92 Å². The fourth-order valence-corrected chi connectivity index (χ4v) is 3.75. The Bertz CT molecular complexity index is 892. The smallest absolute Gasteiger partial charge is 0.408 e. The lowest BCUT2D eigenvalue weighted by molar-refractivity contribution is -0.145. The average Bonchev–Trinajstić information content (AvgIpc) is 2.82. The molecular formula is C28H45N3O6. The number of unbranched alkanes of at least 4 members (excludes halogenated alkanes) is 3. The summed E-state index contributed by atoms with van der Waals surface area (Å²) >= 11 is 0. The molecule has 9 heteroatoms. The van der Waals surface area contributed by atoms with Crippen molar-refractivity contribution in [1.29, 1.82) is 0 Å². The molecule has 0 heterocycles. The topological polar surface area (TPSA) is 114 Å². The summed E-state index contributed by atoms with van der Waals surface area (Å²) in [5.41, 5.74) is 0.883. The molecular weight excluding hydrogens is 474 g/mol. The van der Waals surface area contributed by atoms with Crippen LogP contribution in [0.15, 0.2) is 24.3 Å². The van der Waals surface area contributed by atoms with E-state index in [1.807, 2.05) is 32.9 Å². The minimum Gasteiger partial charge on any atom is -0.468 e. The summed E-state index contributed by atoms with van der Waals surface area (Å²) in [7, 11) is 1.24. The lowest BCUT2D eigenvalue weighted by Gasteiger charge is -2.35. The molecule has 2 atom stereocenters. The molecule has 0 aliphatic carbocycles. The fraction of sp³-hybridized carbons (Fsp3) is 0.643. The van der Waals surface area contributed by atoms with Gasteiger partial charge in [-0.15, -0.1) is 0 Å². The lowest BCUT2D eigenvalue weighted by Crippen LogP contribution is -2.55. The molecule has 208 valence electrons. The van der Waals surface area contributed by atoms with Gasteiger partial charge in [0.25, 0.3) is 0 Å². The molecule has 0 bridgehead atoms. The Kier molecular flexibility index (Phi) is 13.1. The molecule has 0 fully saturated rings. The van der Waals surface area contributed by atoms with Crippen LogP contribution in [-0.2, 0) is 23.9 Å².